The number of benzene rings is 1. The minimum atomic E-state index is -0.243. The van der Waals surface area contributed by atoms with Gasteiger partial charge in [-0.25, -0.2) is 0 Å². The van der Waals surface area contributed by atoms with Gasteiger partial charge in [0.25, 0.3) is 11.8 Å². The first-order valence-corrected chi connectivity index (χ1v) is 9.87. The average Bonchev–Trinajstić information content (AvgIpc) is 2.90. The van der Waals surface area contributed by atoms with Gasteiger partial charge in [-0.05, 0) is 49.8 Å². The molecule has 2 unspecified atom stereocenters. The Kier molecular flexibility index (Phi) is 5.68. The van der Waals surface area contributed by atoms with Crippen molar-refractivity contribution in [2.75, 3.05) is 27.3 Å². The van der Waals surface area contributed by atoms with E-state index < -0.39 is 0 Å². The summed E-state index contributed by atoms with van der Waals surface area (Å²) < 4.78 is 10.7. The first-order valence-electron chi connectivity index (χ1n) is 9.87. The van der Waals surface area contributed by atoms with Gasteiger partial charge in [-0.3, -0.25) is 14.5 Å². The van der Waals surface area contributed by atoms with Crippen molar-refractivity contribution in [3.05, 3.63) is 29.5 Å². The number of ether oxygens (including phenoxy) is 2. The molecule has 0 aromatic heterocycles. The van der Waals surface area contributed by atoms with E-state index in [1.807, 2.05) is 19.9 Å². The maximum Gasteiger partial charge on any atom is 0.278 e. The van der Waals surface area contributed by atoms with Crippen LogP contribution in [0.4, 0.5) is 0 Å². The topological polar surface area (TPSA) is 59.1 Å². The number of methoxy groups -OCH3 is 2. The summed E-state index contributed by atoms with van der Waals surface area (Å²) >= 11 is 0. The number of hydrogen-bond acceptors (Lipinski definition) is 5. The lowest BCUT2D eigenvalue weighted by atomic mass is 9.91. The minimum absolute atomic E-state index is 0.202. The fourth-order valence-electron chi connectivity index (χ4n) is 4.39. The van der Waals surface area contributed by atoms with Crippen molar-refractivity contribution in [3.63, 3.8) is 0 Å². The highest BCUT2D eigenvalue weighted by Gasteiger charge is 2.44. The molecule has 0 N–H and O–H groups in total. The molecule has 0 saturated carbocycles. The summed E-state index contributed by atoms with van der Waals surface area (Å²) in [6.07, 6.45) is 1.13. The Morgan fingerprint density at radius 3 is 2.11 bits per heavy atom. The first kappa shape index (κ1) is 20.2. The van der Waals surface area contributed by atoms with Crippen molar-refractivity contribution in [1.82, 2.24) is 9.80 Å². The van der Waals surface area contributed by atoms with Crippen LogP contribution < -0.4 is 9.47 Å². The largest absolute Gasteiger partial charge is 0.493 e. The summed E-state index contributed by atoms with van der Waals surface area (Å²) in [6.45, 7) is 9.68. The van der Waals surface area contributed by atoms with E-state index in [1.54, 1.807) is 26.4 Å². The molecule has 0 spiro atoms. The van der Waals surface area contributed by atoms with E-state index in [0.29, 0.717) is 40.2 Å². The molecule has 1 fully saturated rings. The van der Waals surface area contributed by atoms with Crippen LogP contribution in [0.15, 0.2) is 23.9 Å². The molecule has 2 atom stereocenters. The molecule has 1 saturated heterocycles. The SMILES string of the molecule is COc1ccc(C2=C(N3CC(C)CC(C)C3)C(=O)N(C(C)C)C2=O)cc1OC. The fourth-order valence-corrected chi connectivity index (χ4v) is 4.39. The number of nitrogens with zero attached hydrogens (tertiary/aromatic N) is 2. The van der Waals surface area contributed by atoms with Crippen LogP contribution in [0.25, 0.3) is 5.57 Å². The van der Waals surface area contributed by atoms with Crippen LogP contribution in [0.5, 0.6) is 11.5 Å². The number of amides is 2. The third-order valence-electron chi connectivity index (χ3n) is 5.46. The molecule has 2 heterocycles. The molecule has 6 heteroatoms. The Hall–Kier alpha value is -2.50. The van der Waals surface area contributed by atoms with Crippen molar-refractivity contribution in [2.24, 2.45) is 11.8 Å². The van der Waals surface area contributed by atoms with Crippen molar-refractivity contribution >= 4 is 17.4 Å². The first-order chi connectivity index (χ1) is 13.3. The van der Waals surface area contributed by atoms with Gasteiger partial charge in [-0.1, -0.05) is 19.9 Å². The van der Waals surface area contributed by atoms with Gasteiger partial charge in [0.1, 0.15) is 5.70 Å². The van der Waals surface area contributed by atoms with Crippen molar-refractivity contribution < 1.29 is 19.1 Å². The summed E-state index contributed by atoms with van der Waals surface area (Å²) in [6, 6.07) is 5.17. The van der Waals surface area contributed by atoms with Crippen LogP contribution >= 0.6 is 0 Å². The van der Waals surface area contributed by atoms with Gasteiger partial charge in [-0.15, -0.1) is 0 Å². The van der Waals surface area contributed by atoms with Crippen LogP contribution in [-0.4, -0.2) is 55.0 Å². The van der Waals surface area contributed by atoms with E-state index in [4.69, 9.17) is 9.47 Å². The van der Waals surface area contributed by atoms with Gasteiger partial charge in [-0.2, -0.15) is 0 Å². The summed E-state index contributed by atoms with van der Waals surface area (Å²) in [4.78, 5) is 30.0. The second-order valence-corrected chi connectivity index (χ2v) is 8.22. The Morgan fingerprint density at radius 1 is 0.964 bits per heavy atom. The predicted molar refractivity (Wildman–Crippen MR) is 108 cm³/mol. The van der Waals surface area contributed by atoms with E-state index in [2.05, 4.69) is 18.7 Å². The van der Waals surface area contributed by atoms with Gasteiger partial charge in [0, 0.05) is 19.1 Å². The summed E-state index contributed by atoms with van der Waals surface area (Å²) in [5, 5.41) is 0. The standard InChI is InChI=1S/C22H30N2O4/c1-13(2)24-21(25)19(16-7-8-17(27-5)18(10-16)28-6)20(22(24)26)23-11-14(3)9-15(4)12-23/h7-8,10,13-15H,9,11-12H2,1-6H3. The van der Waals surface area contributed by atoms with Crippen LogP contribution in [0.3, 0.4) is 0 Å². The third-order valence-corrected chi connectivity index (χ3v) is 5.46. The van der Waals surface area contributed by atoms with Crippen LogP contribution in [0.2, 0.25) is 0 Å². The molecule has 3 rings (SSSR count). The highest BCUT2D eigenvalue weighted by molar-refractivity contribution is 6.35. The lowest BCUT2D eigenvalue weighted by Crippen LogP contribution is -2.43. The molecule has 28 heavy (non-hydrogen) atoms. The highest BCUT2D eigenvalue weighted by Crippen LogP contribution is 2.38. The smallest absolute Gasteiger partial charge is 0.278 e. The lowest BCUT2D eigenvalue weighted by molar-refractivity contribution is -0.139. The summed E-state index contributed by atoms with van der Waals surface area (Å²) in [5.41, 5.74) is 1.66. The van der Waals surface area contributed by atoms with E-state index in [1.165, 1.54) is 4.90 Å². The number of rotatable bonds is 5. The normalized spacial score (nSPS) is 23.1. The van der Waals surface area contributed by atoms with Gasteiger partial charge < -0.3 is 14.4 Å². The van der Waals surface area contributed by atoms with Crippen LogP contribution in [0.1, 0.15) is 39.7 Å². The summed E-state index contributed by atoms with van der Waals surface area (Å²) in [5.74, 6) is 1.62. The monoisotopic (exact) mass is 386 g/mol. The number of imide groups is 1. The van der Waals surface area contributed by atoms with E-state index in [0.717, 1.165) is 19.5 Å². The number of carbonyl (C=O) groups is 2. The van der Waals surface area contributed by atoms with Gasteiger partial charge in [0.15, 0.2) is 11.5 Å². The number of piperidine rings is 1. The molecular weight excluding hydrogens is 356 g/mol. The van der Waals surface area contributed by atoms with Crippen molar-refractivity contribution in [3.8, 4) is 11.5 Å². The van der Waals surface area contributed by atoms with Gasteiger partial charge in [0.2, 0.25) is 0 Å². The van der Waals surface area contributed by atoms with E-state index >= 15 is 0 Å². The lowest BCUT2D eigenvalue weighted by Gasteiger charge is -2.37. The molecule has 0 aliphatic carbocycles. The van der Waals surface area contributed by atoms with Crippen molar-refractivity contribution in [1.29, 1.82) is 0 Å². The molecule has 6 nitrogen and oxygen atoms in total. The average molecular weight is 386 g/mol. The Labute approximate surface area is 167 Å². The van der Waals surface area contributed by atoms with Gasteiger partial charge in [0.05, 0.1) is 19.8 Å². The molecule has 2 amide bonds. The third kappa shape index (κ3) is 3.48. The molecule has 1 aromatic rings. The van der Waals surface area contributed by atoms with Crippen LogP contribution in [0, 0.1) is 11.8 Å². The Morgan fingerprint density at radius 2 is 1.57 bits per heavy atom. The maximum absolute atomic E-state index is 13.3. The van der Waals surface area contributed by atoms with E-state index in [-0.39, 0.29) is 17.9 Å². The zero-order valence-corrected chi connectivity index (χ0v) is 17.6. The molecule has 0 radical (unpaired) electrons. The quantitative estimate of drug-likeness (QED) is 0.728. The molecule has 1 aromatic carbocycles. The zero-order valence-electron chi connectivity index (χ0n) is 17.6. The van der Waals surface area contributed by atoms with Gasteiger partial charge >= 0.3 is 0 Å². The molecular formula is C22H30N2O4. The highest BCUT2D eigenvalue weighted by atomic mass is 16.5. The second kappa shape index (κ2) is 7.86. The minimum Gasteiger partial charge on any atom is -0.493 e. The van der Waals surface area contributed by atoms with Crippen molar-refractivity contribution in [2.45, 2.75) is 40.2 Å². The zero-order chi connectivity index (χ0) is 20.6. The second-order valence-electron chi connectivity index (χ2n) is 8.22. The van der Waals surface area contributed by atoms with E-state index in [9.17, 15) is 9.59 Å². The molecule has 2 aliphatic rings. The molecule has 152 valence electrons. The number of hydrogen-bond donors (Lipinski definition) is 0. The van der Waals surface area contributed by atoms with Crippen LogP contribution in [-0.2, 0) is 9.59 Å². The number of likely N-dealkylation sites (tertiary alicyclic amines) is 1. The number of carbonyl (C=O) groups excluding carboxylic acids is 2. The molecule has 0 bridgehead atoms. The molecule has 2 aliphatic heterocycles. The summed E-state index contributed by atoms with van der Waals surface area (Å²) in [7, 11) is 3.14. The maximum atomic E-state index is 13.3. The Balaban J connectivity index is 2.15. The fraction of sp³-hybridized carbons (Fsp3) is 0.545. The Bertz CT molecular complexity index is 805. The predicted octanol–water partition coefficient (Wildman–Crippen LogP) is 3.17.